The third kappa shape index (κ3) is 3.57. The van der Waals surface area contributed by atoms with Crippen LogP contribution in [0.2, 0.25) is 0 Å². The average Bonchev–Trinajstić information content (AvgIpc) is 2.75. The molecule has 0 aliphatic carbocycles. The van der Waals surface area contributed by atoms with Crippen molar-refractivity contribution in [2.45, 2.75) is 13.2 Å². The van der Waals surface area contributed by atoms with E-state index in [1.807, 2.05) is 37.4 Å². The minimum absolute atomic E-state index is 0.382. The maximum atomic E-state index is 5.58. The van der Waals surface area contributed by atoms with Crippen LogP contribution in [0.4, 0.5) is 0 Å². The molecular weight excluding hydrogens is 284 g/mol. The zero-order chi connectivity index (χ0) is 12.1. The normalized spacial score (nSPS) is 10.5. The van der Waals surface area contributed by atoms with Crippen LogP contribution >= 0.6 is 15.9 Å². The third-order valence-electron chi connectivity index (χ3n) is 2.14. The molecule has 1 heterocycles. The van der Waals surface area contributed by atoms with Crippen molar-refractivity contribution in [2.75, 3.05) is 7.05 Å². The summed E-state index contributed by atoms with van der Waals surface area (Å²) >= 11 is 3.39. The molecule has 0 saturated carbocycles. The van der Waals surface area contributed by atoms with Crippen molar-refractivity contribution in [3.05, 3.63) is 46.3 Å². The molecule has 0 amide bonds. The second-order valence-corrected chi connectivity index (χ2v) is 4.48. The number of benzene rings is 1. The second-order valence-electron chi connectivity index (χ2n) is 3.56. The van der Waals surface area contributed by atoms with Gasteiger partial charge in [-0.15, -0.1) is 0 Å². The van der Waals surface area contributed by atoms with Gasteiger partial charge in [0.1, 0.15) is 12.4 Å². The first-order chi connectivity index (χ1) is 8.28. The van der Waals surface area contributed by atoms with E-state index in [1.165, 1.54) is 0 Å². The van der Waals surface area contributed by atoms with Crippen molar-refractivity contribution in [2.24, 2.45) is 0 Å². The third-order valence-corrected chi connectivity index (χ3v) is 2.64. The van der Waals surface area contributed by atoms with Crippen molar-refractivity contribution >= 4 is 15.9 Å². The monoisotopic (exact) mass is 296 g/mol. The fourth-order valence-corrected chi connectivity index (χ4v) is 1.78. The molecule has 4 nitrogen and oxygen atoms in total. The molecule has 0 fully saturated rings. The molecule has 0 bridgehead atoms. The molecular formula is C12H13BrN2O2. The molecule has 0 aliphatic heterocycles. The predicted molar refractivity (Wildman–Crippen MR) is 67.7 cm³/mol. The highest BCUT2D eigenvalue weighted by Crippen LogP contribution is 2.19. The molecule has 1 aromatic carbocycles. The van der Waals surface area contributed by atoms with Gasteiger partial charge in [0.05, 0.1) is 5.69 Å². The van der Waals surface area contributed by atoms with Crippen LogP contribution < -0.4 is 10.1 Å². The summed E-state index contributed by atoms with van der Waals surface area (Å²) in [5.41, 5.74) is 0.875. The lowest BCUT2D eigenvalue weighted by Crippen LogP contribution is -2.04. The van der Waals surface area contributed by atoms with Gasteiger partial charge in [0.25, 0.3) is 0 Å². The van der Waals surface area contributed by atoms with E-state index < -0.39 is 0 Å². The summed E-state index contributed by atoms with van der Waals surface area (Å²) in [5.74, 6) is 1.51. The Morgan fingerprint density at radius 2 is 2.29 bits per heavy atom. The lowest BCUT2D eigenvalue weighted by molar-refractivity contribution is 0.248. The molecule has 0 radical (unpaired) electrons. The number of halogens is 1. The maximum Gasteiger partial charge on any atom is 0.174 e. The van der Waals surface area contributed by atoms with Crippen LogP contribution in [0.15, 0.2) is 39.3 Å². The van der Waals surface area contributed by atoms with Crippen LogP contribution in [0.3, 0.4) is 0 Å². The molecule has 0 saturated heterocycles. The van der Waals surface area contributed by atoms with Crippen LogP contribution in [-0.4, -0.2) is 12.2 Å². The van der Waals surface area contributed by atoms with Gasteiger partial charge < -0.3 is 14.6 Å². The average molecular weight is 297 g/mol. The standard InChI is InChI=1S/C12H13BrN2O2/c1-14-7-10-6-12(17-15-10)8-16-11-4-2-3-9(13)5-11/h2-6,14H,7-8H2,1H3. The summed E-state index contributed by atoms with van der Waals surface area (Å²) in [6.07, 6.45) is 0. The van der Waals surface area contributed by atoms with Gasteiger partial charge in [0, 0.05) is 17.1 Å². The molecule has 90 valence electrons. The van der Waals surface area contributed by atoms with E-state index in [4.69, 9.17) is 9.26 Å². The lowest BCUT2D eigenvalue weighted by atomic mass is 10.3. The van der Waals surface area contributed by atoms with E-state index in [0.29, 0.717) is 13.2 Å². The van der Waals surface area contributed by atoms with Crippen molar-refractivity contribution < 1.29 is 9.26 Å². The Hall–Kier alpha value is -1.33. The first-order valence-electron chi connectivity index (χ1n) is 5.25. The Labute approximate surface area is 108 Å². The van der Waals surface area contributed by atoms with E-state index in [0.717, 1.165) is 21.7 Å². The number of rotatable bonds is 5. The number of nitrogens with zero attached hydrogens (tertiary/aromatic N) is 1. The van der Waals surface area contributed by atoms with E-state index in [2.05, 4.69) is 26.4 Å². The number of aromatic nitrogens is 1. The molecule has 0 unspecified atom stereocenters. The fourth-order valence-electron chi connectivity index (χ4n) is 1.40. The van der Waals surface area contributed by atoms with E-state index in [1.54, 1.807) is 0 Å². The summed E-state index contributed by atoms with van der Waals surface area (Å²) in [6, 6.07) is 9.56. The van der Waals surface area contributed by atoms with Crippen molar-refractivity contribution in [1.29, 1.82) is 0 Å². The highest BCUT2D eigenvalue weighted by molar-refractivity contribution is 9.10. The Morgan fingerprint density at radius 3 is 3.06 bits per heavy atom. The van der Waals surface area contributed by atoms with Crippen LogP contribution in [-0.2, 0) is 13.2 Å². The van der Waals surface area contributed by atoms with Gasteiger partial charge in [-0.3, -0.25) is 0 Å². The number of ether oxygens (including phenoxy) is 1. The van der Waals surface area contributed by atoms with Gasteiger partial charge in [0.15, 0.2) is 5.76 Å². The minimum atomic E-state index is 0.382. The van der Waals surface area contributed by atoms with E-state index in [-0.39, 0.29) is 0 Å². The number of nitrogens with one attached hydrogen (secondary N) is 1. The van der Waals surface area contributed by atoms with Gasteiger partial charge in [-0.05, 0) is 25.2 Å². The van der Waals surface area contributed by atoms with Gasteiger partial charge >= 0.3 is 0 Å². The van der Waals surface area contributed by atoms with Gasteiger partial charge in [0.2, 0.25) is 0 Å². The van der Waals surface area contributed by atoms with Crippen molar-refractivity contribution in [3.63, 3.8) is 0 Å². The summed E-state index contributed by atoms with van der Waals surface area (Å²) in [5, 5.41) is 6.92. The summed E-state index contributed by atoms with van der Waals surface area (Å²) in [6.45, 7) is 1.08. The Bertz CT molecular complexity index is 485. The van der Waals surface area contributed by atoms with Crippen molar-refractivity contribution in [3.8, 4) is 5.75 Å². The Morgan fingerprint density at radius 1 is 1.41 bits per heavy atom. The molecule has 2 aromatic rings. The smallest absolute Gasteiger partial charge is 0.174 e. The zero-order valence-electron chi connectivity index (χ0n) is 9.44. The summed E-state index contributed by atoms with van der Waals surface area (Å²) in [7, 11) is 1.87. The fraction of sp³-hybridized carbons (Fsp3) is 0.250. The topological polar surface area (TPSA) is 47.3 Å². The summed E-state index contributed by atoms with van der Waals surface area (Å²) < 4.78 is 11.7. The second kappa shape index (κ2) is 5.84. The molecule has 1 N–H and O–H groups in total. The molecule has 0 spiro atoms. The largest absolute Gasteiger partial charge is 0.486 e. The molecule has 17 heavy (non-hydrogen) atoms. The van der Waals surface area contributed by atoms with E-state index >= 15 is 0 Å². The van der Waals surface area contributed by atoms with Crippen molar-refractivity contribution in [1.82, 2.24) is 10.5 Å². The minimum Gasteiger partial charge on any atom is -0.486 e. The maximum absolute atomic E-state index is 5.58. The highest BCUT2D eigenvalue weighted by Gasteiger charge is 2.04. The molecule has 2 rings (SSSR count). The Balaban J connectivity index is 1.93. The van der Waals surface area contributed by atoms with Crippen LogP contribution in [0.5, 0.6) is 5.75 Å². The first-order valence-corrected chi connectivity index (χ1v) is 6.04. The quantitative estimate of drug-likeness (QED) is 0.922. The van der Waals surface area contributed by atoms with Crippen LogP contribution in [0, 0.1) is 0 Å². The van der Waals surface area contributed by atoms with Gasteiger partial charge in [-0.2, -0.15) is 0 Å². The Kier molecular flexibility index (Phi) is 4.17. The van der Waals surface area contributed by atoms with Crippen LogP contribution in [0.25, 0.3) is 0 Å². The van der Waals surface area contributed by atoms with Gasteiger partial charge in [-0.1, -0.05) is 27.2 Å². The highest BCUT2D eigenvalue weighted by atomic mass is 79.9. The van der Waals surface area contributed by atoms with E-state index in [9.17, 15) is 0 Å². The summed E-state index contributed by atoms with van der Waals surface area (Å²) in [4.78, 5) is 0. The SMILES string of the molecule is CNCc1cc(COc2cccc(Br)c2)on1. The number of hydrogen-bond acceptors (Lipinski definition) is 4. The molecule has 5 heteroatoms. The number of hydrogen-bond donors (Lipinski definition) is 1. The molecule has 0 atom stereocenters. The zero-order valence-corrected chi connectivity index (χ0v) is 11.0. The first kappa shape index (κ1) is 12.1. The lowest BCUT2D eigenvalue weighted by Gasteiger charge is -2.03. The van der Waals surface area contributed by atoms with Gasteiger partial charge in [-0.25, -0.2) is 0 Å². The van der Waals surface area contributed by atoms with Crippen LogP contribution in [0.1, 0.15) is 11.5 Å². The predicted octanol–water partition coefficient (Wildman–Crippen LogP) is 2.74. The molecule has 1 aromatic heterocycles. The molecule has 0 aliphatic rings.